The van der Waals surface area contributed by atoms with Gasteiger partial charge in [-0.2, -0.15) is 5.10 Å². The van der Waals surface area contributed by atoms with Gasteiger partial charge in [0.1, 0.15) is 5.15 Å². The first-order valence-electron chi connectivity index (χ1n) is 6.07. The fourth-order valence-electron chi connectivity index (χ4n) is 1.76. The Bertz CT molecular complexity index is 691. The first-order chi connectivity index (χ1) is 9.42. The van der Waals surface area contributed by atoms with Crippen molar-refractivity contribution in [3.63, 3.8) is 0 Å². The molecule has 0 saturated carbocycles. The molecule has 0 unspecified atom stereocenters. The molecule has 7 nitrogen and oxygen atoms in total. The third kappa shape index (κ3) is 3.20. The van der Waals surface area contributed by atoms with Gasteiger partial charge in [0.25, 0.3) is 10.0 Å². The van der Waals surface area contributed by atoms with Gasteiger partial charge in [0.15, 0.2) is 0 Å². The predicted octanol–water partition coefficient (Wildman–Crippen LogP) is 1.02. The van der Waals surface area contributed by atoms with Gasteiger partial charge in [0.2, 0.25) is 5.03 Å². The normalized spacial score (nSPS) is 11.9. The average Bonchev–Trinajstić information content (AvgIpc) is 2.93. The number of hydrogen-bond acceptors (Lipinski definition) is 4. The number of nitrogens with one attached hydrogen (secondary N) is 2. The topological polar surface area (TPSA) is 92.7 Å². The largest absolute Gasteiger partial charge is 0.324 e. The molecule has 0 saturated heterocycles. The molecule has 0 atom stereocenters. The minimum absolute atomic E-state index is 0.100. The van der Waals surface area contributed by atoms with Gasteiger partial charge in [0.05, 0.1) is 12.5 Å². The molecule has 0 radical (unpaired) electrons. The minimum atomic E-state index is -3.66. The fourth-order valence-corrected chi connectivity index (χ4v) is 3.25. The van der Waals surface area contributed by atoms with E-state index in [9.17, 15) is 8.42 Å². The molecule has 2 heterocycles. The van der Waals surface area contributed by atoms with Gasteiger partial charge in [0, 0.05) is 19.3 Å². The molecule has 2 aromatic rings. The SMILES string of the molecule is Cc1[nH]ncc1CCCNS(=O)(=O)c1ncn(C)c1Cl. The summed E-state index contributed by atoms with van der Waals surface area (Å²) in [7, 11) is -2.02. The maximum atomic E-state index is 12.0. The van der Waals surface area contributed by atoms with Crippen LogP contribution in [-0.2, 0) is 23.5 Å². The van der Waals surface area contributed by atoms with E-state index in [1.807, 2.05) is 6.92 Å². The molecule has 0 spiro atoms. The second-order valence-electron chi connectivity index (χ2n) is 4.47. The van der Waals surface area contributed by atoms with E-state index in [0.717, 1.165) is 17.7 Å². The van der Waals surface area contributed by atoms with Crippen LogP contribution in [0, 0.1) is 6.92 Å². The lowest BCUT2D eigenvalue weighted by Crippen LogP contribution is -2.25. The smallest absolute Gasteiger partial charge is 0.261 e. The van der Waals surface area contributed by atoms with Crippen molar-refractivity contribution in [2.24, 2.45) is 7.05 Å². The van der Waals surface area contributed by atoms with Crippen LogP contribution < -0.4 is 4.72 Å². The van der Waals surface area contributed by atoms with Crippen LogP contribution in [-0.4, -0.2) is 34.7 Å². The second kappa shape index (κ2) is 5.94. The number of rotatable bonds is 6. The Morgan fingerprint density at radius 3 is 2.80 bits per heavy atom. The first kappa shape index (κ1) is 15.0. The number of aryl methyl sites for hydroxylation is 3. The van der Waals surface area contributed by atoms with Crippen LogP contribution in [0.2, 0.25) is 5.15 Å². The van der Waals surface area contributed by atoms with Gasteiger partial charge in [-0.1, -0.05) is 11.6 Å². The van der Waals surface area contributed by atoms with Gasteiger partial charge in [-0.3, -0.25) is 5.10 Å². The van der Waals surface area contributed by atoms with Crippen molar-refractivity contribution in [2.45, 2.75) is 24.8 Å². The van der Waals surface area contributed by atoms with Gasteiger partial charge in [-0.15, -0.1) is 0 Å². The van der Waals surface area contributed by atoms with Crippen molar-refractivity contribution in [1.82, 2.24) is 24.5 Å². The maximum absolute atomic E-state index is 12.0. The van der Waals surface area contributed by atoms with Crippen molar-refractivity contribution in [2.75, 3.05) is 6.54 Å². The molecule has 0 fully saturated rings. The van der Waals surface area contributed by atoms with E-state index in [1.165, 1.54) is 10.9 Å². The molecule has 0 aliphatic carbocycles. The number of hydrogen-bond donors (Lipinski definition) is 2. The molecule has 2 aromatic heterocycles. The first-order valence-corrected chi connectivity index (χ1v) is 7.93. The molecule has 0 aliphatic rings. The Morgan fingerprint density at radius 1 is 1.50 bits per heavy atom. The molecule has 2 N–H and O–H groups in total. The number of aromatic amines is 1. The molecule has 110 valence electrons. The lowest BCUT2D eigenvalue weighted by atomic mass is 10.1. The van der Waals surface area contributed by atoms with Crippen molar-refractivity contribution >= 4 is 21.6 Å². The summed E-state index contributed by atoms with van der Waals surface area (Å²) >= 11 is 5.88. The monoisotopic (exact) mass is 317 g/mol. The van der Waals surface area contributed by atoms with Crippen LogP contribution >= 0.6 is 11.6 Å². The van der Waals surface area contributed by atoms with Gasteiger partial charge in [-0.05, 0) is 25.3 Å². The molecule has 0 aromatic carbocycles. The third-order valence-electron chi connectivity index (χ3n) is 2.94. The van der Waals surface area contributed by atoms with Crippen molar-refractivity contribution in [1.29, 1.82) is 0 Å². The van der Waals surface area contributed by atoms with E-state index < -0.39 is 10.0 Å². The summed E-state index contributed by atoms with van der Waals surface area (Å²) in [5.41, 5.74) is 2.08. The zero-order valence-electron chi connectivity index (χ0n) is 11.2. The Balaban J connectivity index is 1.90. The van der Waals surface area contributed by atoms with Crippen LogP contribution in [0.5, 0.6) is 0 Å². The summed E-state index contributed by atoms with van der Waals surface area (Å²) < 4.78 is 28.0. The average molecular weight is 318 g/mol. The van der Waals surface area contributed by atoms with Crippen LogP contribution in [0.4, 0.5) is 0 Å². The summed E-state index contributed by atoms with van der Waals surface area (Å²) in [4.78, 5) is 3.80. The highest BCUT2D eigenvalue weighted by Crippen LogP contribution is 2.18. The Morgan fingerprint density at radius 2 is 2.25 bits per heavy atom. The minimum Gasteiger partial charge on any atom is -0.324 e. The fraction of sp³-hybridized carbons (Fsp3) is 0.455. The van der Waals surface area contributed by atoms with Gasteiger partial charge >= 0.3 is 0 Å². The number of imidazole rings is 1. The number of sulfonamides is 1. The van der Waals surface area contributed by atoms with Crippen LogP contribution in [0.15, 0.2) is 17.6 Å². The lowest BCUT2D eigenvalue weighted by molar-refractivity contribution is 0.575. The van der Waals surface area contributed by atoms with E-state index in [0.29, 0.717) is 13.0 Å². The number of aromatic nitrogens is 4. The van der Waals surface area contributed by atoms with E-state index in [1.54, 1.807) is 13.2 Å². The molecule has 20 heavy (non-hydrogen) atoms. The lowest BCUT2D eigenvalue weighted by Gasteiger charge is -2.05. The van der Waals surface area contributed by atoms with E-state index in [2.05, 4.69) is 19.9 Å². The number of nitrogens with zero attached hydrogens (tertiary/aromatic N) is 3. The van der Waals surface area contributed by atoms with E-state index >= 15 is 0 Å². The molecule has 0 aliphatic heterocycles. The molecule has 2 rings (SSSR count). The van der Waals surface area contributed by atoms with E-state index in [4.69, 9.17) is 11.6 Å². The van der Waals surface area contributed by atoms with Crippen LogP contribution in [0.3, 0.4) is 0 Å². The van der Waals surface area contributed by atoms with E-state index in [-0.39, 0.29) is 10.2 Å². The van der Waals surface area contributed by atoms with Crippen LogP contribution in [0.25, 0.3) is 0 Å². The summed E-state index contributed by atoms with van der Waals surface area (Å²) in [5.74, 6) is 0. The summed E-state index contributed by atoms with van der Waals surface area (Å²) in [6.45, 7) is 2.25. The standard InChI is InChI=1S/C11H16ClN5O2S/c1-8-9(6-14-16-8)4-3-5-15-20(18,19)11-10(12)17(2)7-13-11/h6-7,15H,3-5H2,1-2H3,(H,14,16). The quantitative estimate of drug-likeness (QED) is 0.778. The zero-order valence-corrected chi connectivity index (χ0v) is 12.8. The summed E-state index contributed by atoms with van der Waals surface area (Å²) in [5, 5.41) is 6.72. The van der Waals surface area contributed by atoms with Crippen LogP contribution in [0.1, 0.15) is 17.7 Å². The summed E-state index contributed by atoms with van der Waals surface area (Å²) in [6, 6.07) is 0. The highest BCUT2D eigenvalue weighted by Gasteiger charge is 2.21. The molecule has 0 bridgehead atoms. The van der Waals surface area contributed by atoms with Gasteiger partial charge < -0.3 is 4.57 Å². The predicted molar refractivity (Wildman–Crippen MR) is 75.1 cm³/mol. The van der Waals surface area contributed by atoms with Gasteiger partial charge in [-0.25, -0.2) is 18.1 Å². The molecular formula is C11H16ClN5O2S. The Kier molecular flexibility index (Phi) is 4.46. The highest BCUT2D eigenvalue weighted by molar-refractivity contribution is 7.89. The molecule has 0 amide bonds. The van der Waals surface area contributed by atoms with Crippen molar-refractivity contribution < 1.29 is 8.42 Å². The maximum Gasteiger partial charge on any atom is 0.261 e. The molecular weight excluding hydrogens is 302 g/mol. The Hall–Kier alpha value is -1.38. The second-order valence-corrected chi connectivity index (χ2v) is 6.51. The zero-order chi connectivity index (χ0) is 14.8. The highest BCUT2D eigenvalue weighted by atomic mass is 35.5. The Labute approximate surface area is 122 Å². The van der Waals surface area contributed by atoms with Crippen molar-refractivity contribution in [3.05, 3.63) is 28.9 Å². The number of H-pyrrole nitrogens is 1. The number of halogens is 1. The third-order valence-corrected chi connectivity index (χ3v) is 4.89. The summed E-state index contributed by atoms with van der Waals surface area (Å²) in [6.07, 6.45) is 4.54. The molecule has 9 heteroatoms. The van der Waals surface area contributed by atoms with Crippen molar-refractivity contribution in [3.8, 4) is 0 Å².